The zero-order chi connectivity index (χ0) is 12.3. The monoisotopic (exact) mass is 240 g/mol. The Bertz CT molecular complexity index is 368. The summed E-state index contributed by atoms with van der Waals surface area (Å²) in [5.41, 5.74) is 5.84. The predicted octanol–water partition coefficient (Wildman–Crippen LogP) is 2.25. The average molecular weight is 241 g/mol. The SMILES string of the molecule is C[C@@H](NC(=O)C(C)(C)N)c1ccc(Cl)cc1. The smallest absolute Gasteiger partial charge is 0.239 e. The van der Waals surface area contributed by atoms with Crippen molar-refractivity contribution >= 4 is 17.5 Å². The number of benzene rings is 1. The Labute approximate surface area is 101 Å². The lowest BCUT2D eigenvalue weighted by Crippen LogP contribution is -2.49. The molecule has 0 radical (unpaired) electrons. The molecule has 0 aromatic heterocycles. The molecule has 0 saturated carbocycles. The molecule has 0 aliphatic rings. The first-order valence-corrected chi connectivity index (χ1v) is 5.54. The van der Waals surface area contributed by atoms with Crippen LogP contribution in [0.15, 0.2) is 24.3 Å². The molecule has 3 nitrogen and oxygen atoms in total. The van der Waals surface area contributed by atoms with Crippen LogP contribution in [0, 0.1) is 0 Å². The van der Waals surface area contributed by atoms with E-state index in [1.165, 1.54) is 0 Å². The quantitative estimate of drug-likeness (QED) is 0.852. The molecule has 1 aromatic carbocycles. The number of hydrogen-bond acceptors (Lipinski definition) is 2. The fourth-order valence-electron chi connectivity index (χ4n) is 1.22. The van der Waals surface area contributed by atoms with Crippen LogP contribution in [-0.4, -0.2) is 11.4 Å². The van der Waals surface area contributed by atoms with Crippen molar-refractivity contribution in [1.29, 1.82) is 0 Å². The predicted molar refractivity (Wildman–Crippen MR) is 66.3 cm³/mol. The number of nitrogens with two attached hydrogens (primary N) is 1. The van der Waals surface area contributed by atoms with Gasteiger partial charge in [0.25, 0.3) is 0 Å². The van der Waals surface area contributed by atoms with Crippen molar-refractivity contribution in [3.05, 3.63) is 34.9 Å². The number of carbonyl (C=O) groups is 1. The summed E-state index contributed by atoms with van der Waals surface area (Å²) < 4.78 is 0. The summed E-state index contributed by atoms with van der Waals surface area (Å²) in [7, 11) is 0. The van der Waals surface area contributed by atoms with Gasteiger partial charge >= 0.3 is 0 Å². The molecule has 0 spiro atoms. The highest BCUT2D eigenvalue weighted by Crippen LogP contribution is 2.16. The number of rotatable bonds is 3. The lowest BCUT2D eigenvalue weighted by atomic mass is 10.0. The summed E-state index contributed by atoms with van der Waals surface area (Å²) in [6.45, 7) is 5.26. The van der Waals surface area contributed by atoms with Gasteiger partial charge in [-0.1, -0.05) is 23.7 Å². The van der Waals surface area contributed by atoms with E-state index in [9.17, 15) is 4.79 Å². The summed E-state index contributed by atoms with van der Waals surface area (Å²) in [6.07, 6.45) is 0. The normalized spacial score (nSPS) is 13.3. The Morgan fingerprint density at radius 2 is 1.88 bits per heavy atom. The van der Waals surface area contributed by atoms with Crippen molar-refractivity contribution in [1.82, 2.24) is 5.32 Å². The van der Waals surface area contributed by atoms with Crippen LogP contribution < -0.4 is 11.1 Å². The van der Waals surface area contributed by atoms with Crippen LogP contribution in [0.2, 0.25) is 5.02 Å². The first kappa shape index (κ1) is 13.0. The molecular formula is C12H17ClN2O. The lowest BCUT2D eigenvalue weighted by Gasteiger charge is -2.22. The van der Waals surface area contributed by atoms with E-state index in [0.717, 1.165) is 5.56 Å². The van der Waals surface area contributed by atoms with Gasteiger partial charge in [-0.25, -0.2) is 0 Å². The van der Waals surface area contributed by atoms with Crippen molar-refractivity contribution < 1.29 is 4.79 Å². The van der Waals surface area contributed by atoms with Crippen LogP contribution in [0.1, 0.15) is 32.4 Å². The second kappa shape index (κ2) is 4.85. The van der Waals surface area contributed by atoms with Gasteiger partial charge in [0, 0.05) is 5.02 Å². The molecule has 88 valence electrons. The molecule has 0 unspecified atom stereocenters. The minimum atomic E-state index is -0.860. The van der Waals surface area contributed by atoms with Crippen molar-refractivity contribution in [3.8, 4) is 0 Å². The molecule has 0 bridgehead atoms. The third-order valence-electron chi connectivity index (χ3n) is 2.30. The van der Waals surface area contributed by atoms with Gasteiger partial charge in [0.2, 0.25) is 5.91 Å². The molecule has 0 heterocycles. The Morgan fingerprint density at radius 1 is 1.38 bits per heavy atom. The Balaban J connectivity index is 2.69. The van der Waals surface area contributed by atoms with Gasteiger partial charge in [-0.15, -0.1) is 0 Å². The zero-order valence-corrected chi connectivity index (χ0v) is 10.5. The minimum Gasteiger partial charge on any atom is -0.348 e. The average Bonchev–Trinajstić information content (AvgIpc) is 2.17. The molecular weight excluding hydrogens is 224 g/mol. The summed E-state index contributed by atoms with van der Waals surface area (Å²) in [4.78, 5) is 11.7. The highest BCUT2D eigenvalue weighted by atomic mass is 35.5. The third kappa shape index (κ3) is 3.51. The first-order valence-electron chi connectivity index (χ1n) is 5.16. The van der Waals surface area contributed by atoms with Gasteiger partial charge in [0.1, 0.15) is 0 Å². The van der Waals surface area contributed by atoms with Gasteiger partial charge in [-0.3, -0.25) is 4.79 Å². The van der Waals surface area contributed by atoms with E-state index in [2.05, 4.69) is 5.32 Å². The van der Waals surface area contributed by atoms with Crippen LogP contribution in [0.25, 0.3) is 0 Å². The molecule has 0 aliphatic heterocycles. The van der Waals surface area contributed by atoms with E-state index in [1.807, 2.05) is 19.1 Å². The number of nitrogens with one attached hydrogen (secondary N) is 1. The molecule has 0 fully saturated rings. The molecule has 3 N–H and O–H groups in total. The number of halogens is 1. The number of carbonyl (C=O) groups excluding carboxylic acids is 1. The van der Waals surface area contributed by atoms with Gasteiger partial charge in [-0.2, -0.15) is 0 Å². The van der Waals surface area contributed by atoms with E-state index in [1.54, 1.807) is 26.0 Å². The lowest BCUT2D eigenvalue weighted by molar-refractivity contribution is -0.125. The summed E-state index contributed by atoms with van der Waals surface area (Å²) in [6, 6.07) is 7.29. The third-order valence-corrected chi connectivity index (χ3v) is 2.55. The Morgan fingerprint density at radius 3 is 2.31 bits per heavy atom. The van der Waals surface area contributed by atoms with Crippen LogP contribution in [-0.2, 0) is 4.79 Å². The van der Waals surface area contributed by atoms with Gasteiger partial charge in [0.15, 0.2) is 0 Å². The van der Waals surface area contributed by atoms with E-state index < -0.39 is 5.54 Å². The van der Waals surface area contributed by atoms with Gasteiger partial charge in [0.05, 0.1) is 11.6 Å². The number of amides is 1. The molecule has 1 aromatic rings. The van der Waals surface area contributed by atoms with Crippen molar-refractivity contribution in [3.63, 3.8) is 0 Å². The standard InChI is InChI=1S/C12H17ClN2O/c1-8(15-11(16)12(2,3)14)9-4-6-10(13)7-5-9/h4-8H,14H2,1-3H3,(H,15,16)/t8-/m1/s1. The maximum Gasteiger partial charge on any atom is 0.239 e. The molecule has 4 heteroatoms. The van der Waals surface area contributed by atoms with Crippen LogP contribution in [0.3, 0.4) is 0 Å². The largest absolute Gasteiger partial charge is 0.348 e. The molecule has 1 rings (SSSR count). The Hall–Kier alpha value is -1.06. The van der Waals surface area contributed by atoms with E-state index in [-0.39, 0.29) is 11.9 Å². The van der Waals surface area contributed by atoms with E-state index >= 15 is 0 Å². The first-order chi connectivity index (χ1) is 7.30. The van der Waals surface area contributed by atoms with Gasteiger partial charge in [-0.05, 0) is 38.5 Å². The maximum absolute atomic E-state index is 11.7. The van der Waals surface area contributed by atoms with Crippen LogP contribution >= 0.6 is 11.6 Å². The van der Waals surface area contributed by atoms with Crippen molar-refractivity contribution in [2.45, 2.75) is 32.4 Å². The zero-order valence-electron chi connectivity index (χ0n) is 9.75. The molecule has 1 amide bonds. The van der Waals surface area contributed by atoms with Crippen molar-refractivity contribution in [2.24, 2.45) is 5.73 Å². The molecule has 0 saturated heterocycles. The number of hydrogen-bond donors (Lipinski definition) is 2. The summed E-state index contributed by atoms with van der Waals surface area (Å²) in [5, 5.41) is 3.53. The molecule has 16 heavy (non-hydrogen) atoms. The molecule has 1 atom stereocenters. The highest BCUT2D eigenvalue weighted by Gasteiger charge is 2.23. The van der Waals surface area contributed by atoms with Gasteiger partial charge < -0.3 is 11.1 Å². The second-order valence-electron chi connectivity index (χ2n) is 4.47. The van der Waals surface area contributed by atoms with Crippen LogP contribution in [0.4, 0.5) is 0 Å². The van der Waals surface area contributed by atoms with E-state index in [4.69, 9.17) is 17.3 Å². The maximum atomic E-state index is 11.7. The van der Waals surface area contributed by atoms with Crippen molar-refractivity contribution in [2.75, 3.05) is 0 Å². The highest BCUT2D eigenvalue weighted by molar-refractivity contribution is 6.30. The fraction of sp³-hybridized carbons (Fsp3) is 0.417. The fourth-order valence-corrected chi connectivity index (χ4v) is 1.34. The van der Waals surface area contributed by atoms with Crippen LogP contribution in [0.5, 0.6) is 0 Å². The minimum absolute atomic E-state index is 0.0763. The van der Waals surface area contributed by atoms with E-state index in [0.29, 0.717) is 5.02 Å². The second-order valence-corrected chi connectivity index (χ2v) is 4.90. The Kier molecular flexibility index (Phi) is 3.94. The topological polar surface area (TPSA) is 55.1 Å². The molecule has 0 aliphatic carbocycles. The summed E-state index contributed by atoms with van der Waals surface area (Å²) >= 11 is 5.79. The summed E-state index contributed by atoms with van der Waals surface area (Å²) in [5.74, 6) is -0.171.